The van der Waals surface area contributed by atoms with E-state index in [1.165, 1.54) is 64.2 Å². The lowest BCUT2D eigenvalue weighted by Crippen LogP contribution is -2.46. The van der Waals surface area contributed by atoms with Crippen LogP contribution in [0.1, 0.15) is 98.8 Å². The third-order valence-corrected chi connectivity index (χ3v) is 8.14. The van der Waals surface area contributed by atoms with Crippen LogP contribution in [0.2, 0.25) is 0 Å². The summed E-state index contributed by atoms with van der Waals surface area (Å²) < 4.78 is 0. The topological polar surface area (TPSA) is 0 Å². The lowest BCUT2D eigenvalue weighted by molar-refractivity contribution is 0.0511. The van der Waals surface area contributed by atoms with E-state index in [-0.39, 0.29) is 0 Å². The molecule has 4 rings (SSSR count). The van der Waals surface area contributed by atoms with Crippen LogP contribution in [-0.2, 0) is 0 Å². The second-order valence-corrected chi connectivity index (χ2v) is 9.49. The van der Waals surface area contributed by atoms with E-state index in [0.717, 1.165) is 17.8 Å². The summed E-state index contributed by atoms with van der Waals surface area (Å²) in [6, 6.07) is 0. The molecule has 4 aliphatic carbocycles. The van der Waals surface area contributed by atoms with Gasteiger partial charge < -0.3 is 0 Å². The molecule has 3 fully saturated rings. The van der Waals surface area contributed by atoms with Crippen LogP contribution in [0.5, 0.6) is 0 Å². The first kappa shape index (κ1) is 18.3. The van der Waals surface area contributed by atoms with Crippen molar-refractivity contribution < 1.29 is 0 Å². The lowest BCUT2D eigenvalue weighted by atomic mass is 9.49. The zero-order valence-electron chi connectivity index (χ0n) is 17.0. The molecule has 0 amide bonds. The summed E-state index contributed by atoms with van der Waals surface area (Å²) in [4.78, 5) is 0. The molecule has 0 aliphatic heterocycles. The molecule has 24 heavy (non-hydrogen) atoms. The Bertz CT molecular complexity index is 510. The molecule has 0 saturated heterocycles. The van der Waals surface area contributed by atoms with Crippen LogP contribution >= 0.6 is 0 Å². The number of hydrogen-bond donors (Lipinski definition) is 0. The second-order valence-electron chi connectivity index (χ2n) is 9.49. The van der Waals surface area contributed by atoms with Gasteiger partial charge in [-0.1, -0.05) is 70.3 Å². The molecule has 3 saturated carbocycles. The SMILES string of the molecule is C/C=C1/CCC2C3CCC4CCCCC4(C)C3=CCC12C.CCC. The first-order valence-corrected chi connectivity index (χ1v) is 10.9. The molecule has 0 aromatic carbocycles. The van der Waals surface area contributed by atoms with E-state index in [1.54, 1.807) is 5.57 Å². The standard InChI is InChI=1S/C21H32.C3H8/c1-4-15-9-11-18-17-10-8-16-7-5-6-13-20(16,2)19(17)12-14-21(15,18)3;1-3-2/h4,12,16-18H,5-11,13-14H2,1-3H3;3H2,1-2H3/b15-4-;. The summed E-state index contributed by atoms with van der Waals surface area (Å²) in [6.07, 6.45) is 19.5. The van der Waals surface area contributed by atoms with Gasteiger partial charge in [-0.2, -0.15) is 0 Å². The fourth-order valence-electron chi connectivity index (χ4n) is 6.89. The number of rotatable bonds is 0. The normalized spacial score (nSPS) is 45.5. The van der Waals surface area contributed by atoms with Gasteiger partial charge in [-0.05, 0) is 80.5 Å². The Kier molecular flexibility index (Phi) is 5.33. The summed E-state index contributed by atoms with van der Waals surface area (Å²) in [6.45, 7) is 11.7. The smallest absolute Gasteiger partial charge is 0.00479 e. The van der Waals surface area contributed by atoms with Crippen molar-refractivity contribution in [2.24, 2.45) is 28.6 Å². The molecule has 0 heteroatoms. The van der Waals surface area contributed by atoms with Crippen molar-refractivity contribution in [2.45, 2.75) is 98.8 Å². The molecule has 0 aromatic heterocycles. The molecular formula is C24H40. The Labute approximate surface area is 151 Å². The van der Waals surface area contributed by atoms with Crippen LogP contribution in [0, 0.1) is 28.6 Å². The van der Waals surface area contributed by atoms with Crippen molar-refractivity contribution in [3.8, 4) is 0 Å². The molecule has 0 bridgehead atoms. The van der Waals surface area contributed by atoms with Crippen molar-refractivity contribution in [1.29, 1.82) is 0 Å². The van der Waals surface area contributed by atoms with Gasteiger partial charge in [0, 0.05) is 0 Å². The van der Waals surface area contributed by atoms with Gasteiger partial charge in [0.25, 0.3) is 0 Å². The fourth-order valence-corrected chi connectivity index (χ4v) is 6.89. The highest BCUT2D eigenvalue weighted by atomic mass is 14.6. The molecule has 136 valence electrons. The fraction of sp³-hybridized carbons (Fsp3) is 0.833. The van der Waals surface area contributed by atoms with Gasteiger partial charge in [-0.15, -0.1) is 0 Å². The highest BCUT2D eigenvalue weighted by Gasteiger charge is 2.54. The molecular weight excluding hydrogens is 288 g/mol. The van der Waals surface area contributed by atoms with Gasteiger partial charge in [0.05, 0.1) is 0 Å². The minimum Gasteiger partial charge on any atom is -0.0879 e. The Morgan fingerprint density at radius 1 is 1.04 bits per heavy atom. The van der Waals surface area contributed by atoms with Gasteiger partial charge >= 0.3 is 0 Å². The van der Waals surface area contributed by atoms with Crippen LogP contribution in [0.4, 0.5) is 0 Å². The Morgan fingerprint density at radius 3 is 2.50 bits per heavy atom. The van der Waals surface area contributed by atoms with Gasteiger partial charge in [0.2, 0.25) is 0 Å². The Hall–Kier alpha value is -0.520. The summed E-state index contributed by atoms with van der Waals surface area (Å²) in [7, 11) is 0. The molecule has 5 unspecified atom stereocenters. The Balaban J connectivity index is 0.000000526. The van der Waals surface area contributed by atoms with Gasteiger partial charge in [0.1, 0.15) is 0 Å². The van der Waals surface area contributed by atoms with E-state index in [9.17, 15) is 0 Å². The molecule has 0 spiro atoms. The summed E-state index contributed by atoms with van der Waals surface area (Å²) in [5.74, 6) is 2.87. The average molecular weight is 329 g/mol. The summed E-state index contributed by atoms with van der Waals surface area (Å²) in [5, 5.41) is 0. The molecule has 0 heterocycles. The van der Waals surface area contributed by atoms with E-state index < -0.39 is 0 Å². The molecule has 0 aromatic rings. The number of hydrogen-bond acceptors (Lipinski definition) is 0. The molecule has 0 nitrogen and oxygen atoms in total. The van der Waals surface area contributed by atoms with Crippen LogP contribution in [0.15, 0.2) is 23.3 Å². The van der Waals surface area contributed by atoms with Gasteiger partial charge in [0.15, 0.2) is 0 Å². The zero-order valence-corrected chi connectivity index (χ0v) is 17.0. The maximum Gasteiger partial charge on any atom is -0.00479 e. The average Bonchev–Trinajstić information content (AvgIpc) is 2.91. The van der Waals surface area contributed by atoms with E-state index in [0.29, 0.717) is 10.8 Å². The molecule has 0 radical (unpaired) electrons. The van der Waals surface area contributed by atoms with Crippen LogP contribution in [-0.4, -0.2) is 0 Å². The van der Waals surface area contributed by atoms with Crippen LogP contribution in [0.3, 0.4) is 0 Å². The van der Waals surface area contributed by atoms with Crippen LogP contribution < -0.4 is 0 Å². The minimum atomic E-state index is 0.501. The maximum absolute atomic E-state index is 2.73. The quantitative estimate of drug-likeness (QED) is 0.399. The lowest BCUT2D eigenvalue weighted by Gasteiger charge is -2.55. The monoisotopic (exact) mass is 328 g/mol. The summed E-state index contributed by atoms with van der Waals surface area (Å²) in [5.41, 5.74) is 4.75. The highest BCUT2D eigenvalue weighted by Crippen LogP contribution is 2.65. The predicted octanol–water partition coefficient (Wildman–Crippen LogP) is 7.70. The van der Waals surface area contributed by atoms with Crippen LogP contribution in [0.25, 0.3) is 0 Å². The van der Waals surface area contributed by atoms with Gasteiger partial charge in [-0.25, -0.2) is 0 Å². The zero-order chi connectivity index (χ0) is 17.4. The van der Waals surface area contributed by atoms with Crippen molar-refractivity contribution in [3.05, 3.63) is 23.3 Å². The van der Waals surface area contributed by atoms with Crippen molar-refractivity contribution in [2.75, 3.05) is 0 Å². The van der Waals surface area contributed by atoms with Gasteiger partial charge in [-0.3, -0.25) is 0 Å². The predicted molar refractivity (Wildman–Crippen MR) is 106 cm³/mol. The largest absolute Gasteiger partial charge is 0.0879 e. The minimum absolute atomic E-state index is 0.501. The molecule has 4 aliphatic rings. The van der Waals surface area contributed by atoms with E-state index >= 15 is 0 Å². The first-order valence-electron chi connectivity index (χ1n) is 10.9. The number of allylic oxidation sites excluding steroid dienone is 4. The first-order chi connectivity index (χ1) is 11.5. The molecule has 5 atom stereocenters. The third kappa shape index (κ3) is 2.73. The van der Waals surface area contributed by atoms with Crippen molar-refractivity contribution in [3.63, 3.8) is 0 Å². The van der Waals surface area contributed by atoms with Crippen molar-refractivity contribution in [1.82, 2.24) is 0 Å². The maximum atomic E-state index is 2.73. The highest BCUT2D eigenvalue weighted by molar-refractivity contribution is 5.33. The van der Waals surface area contributed by atoms with Crippen molar-refractivity contribution >= 4 is 0 Å². The van der Waals surface area contributed by atoms with E-state index in [1.807, 2.05) is 5.57 Å². The molecule has 0 N–H and O–H groups in total. The van der Waals surface area contributed by atoms with E-state index in [4.69, 9.17) is 0 Å². The second kappa shape index (κ2) is 7.00. The number of fused-ring (bicyclic) bond motifs is 5. The third-order valence-electron chi connectivity index (χ3n) is 8.14. The Morgan fingerprint density at radius 2 is 1.79 bits per heavy atom. The van der Waals surface area contributed by atoms with E-state index in [2.05, 4.69) is 46.8 Å². The summed E-state index contributed by atoms with van der Waals surface area (Å²) >= 11 is 0.